The van der Waals surface area contributed by atoms with E-state index in [1.165, 1.54) is 0 Å². The van der Waals surface area contributed by atoms with E-state index in [2.05, 4.69) is 15.6 Å². The van der Waals surface area contributed by atoms with Crippen LogP contribution in [0.15, 0.2) is 65.6 Å². The molecule has 0 saturated carbocycles. The van der Waals surface area contributed by atoms with Gasteiger partial charge in [0.1, 0.15) is 27.9 Å². The van der Waals surface area contributed by atoms with Gasteiger partial charge in [-0.25, -0.2) is 9.48 Å². The van der Waals surface area contributed by atoms with E-state index in [1.807, 2.05) is 71.0 Å². The highest BCUT2D eigenvalue weighted by atomic mass is 32.3. The van der Waals surface area contributed by atoms with E-state index < -0.39 is 34.4 Å². The summed E-state index contributed by atoms with van der Waals surface area (Å²) < 4.78 is 37.5. The van der Waals surface area contributed by atoms with Gasteiger partial charge in [0, 0.05) is 25.6 Å². The Labute approximate surface area is 276 Å². The van der Waals surface area contributed by atoms with Crippen LogP contribution in [0.2, 0.25) is 0 Å². The molecule has 0 fully saturated rings. The lowest BCUT2D eigenvalue weighted by atomic mass is 9.86. The van der Waals surface area contributed by atoms with E-state index in [9.17, 15) is 23.8 Å². The van der Waals surface area contributed by atoms with Crippen molar-refractivity contribution in [3.8, 4) is 5.75 Å². The summed E-state index contributed by atoms with van der Waals surface area (Å²) in [7, 11) is -3.34. The van der Waals surface area contributed by atoms with Crippen LogP contribution in [0.1, 0.15) is 68.7 Å². The maximum absolute atomic E-state index is 12.1. The molecule has 4 N–H and O–H groups in total. The van der Waals surface area contributed by atoms with E-state index >= 15 is 0 Å². The van der Waals surface area contributed by atoms with Gasteiger partial charge < -0.3 is 19.9 Å². The molecule has 0 spiro atoms. The van der Waals surface area contributed by atoms with Crippen molar-refractivity contribution in [3.05, 3.63) is 82.9 Å². The van der Waals surface area contributed by atoms with Gasteiger partial charge in [-0.2, -0.15) is 4.31 Å². The van der Waals surface area contributed by atoms with Gasteiger partial charge in [0.15, 0.2) is 0 Å². The van der Waals surface area contributed by atoms with Gasteiger partial charge in [0.05, 0.1) is 18.5 Å². The quantitative estimate of drug-likeness (QED) is 0.137. The summed E-state index contributed by atoms with van der Waals surface area (Å²) in [5.74, 6) is -0.964. The number of amides is 1. The van der Waals surface area contributed by atoms with Gasteiger partial charge in [0.25, 0.3) is 0 Å². The Morgan fingerprint density at radius 1 is 1.11 bits per heavy atom. The Morgan fingerprint density at radius 3 is 2.57 bits per heavy atom. The lowest BCUT2D eigenvalue weighted by Gasteiger charge is -2.42. The SMILES string of the molecule is Cc1ccc(C(CC(=O)O)c2ccc3c(c2)nnn3CCCNC(=O)OC(C)(C)C)cc1CN1CC(C)Oc2ccccc2S1(O)O. The first-order valence-corrected chi connectivity index (χ1v) is 17.1. The summed E-state index contributed by atoms with van der Waals surface area (Å²) in [5.41, 5.74) is 4.25. The molecule has 3 aromatic carbocycles. The van der Waals surface area contributed by atoms with Crippen LogP contribution in [0.5, 0.6) is 5.75 Å². The zero-order valence-electron chi connectivity index (χ0n) is 27.3. The second-order valence-electron chi connectivity index (χ2n) is 12.9. The standard InChI is InChI=1S/C34H43N5O7S/c1-22-11-12-24(17-26(22)21-38-20-23(2)45-30-9-6-7-10-31(30)47(38,43)44)27(19-32(40)41)25-13-14-29-28(18-25)36-37-39(29)16-8-15-35-33(42)46-34(3,4)5/h6-7,9-14,17-18,23,27,43-44H,8,15-16,19-21H2,1-5H3,(H,35,42)(H,40,41). The average Bonchev–Trinajstić information content (AvgIpc) is 3.36. The first-order valence-electron chi connectivity index (χ1n) is 15.6. The van der Waals surface area contributed by atoms with Gasteiger partial charge in [-0.1, -0.05) is 41.6 Å². The third-order valence-corrected chi connectivity index (χ3v) is 9.88. The highest BCUT2D eigenvalue weighted by Gasteiger charge is 2.34. The molecule has 47 heavy (non-hydrogen) atoms. The number of ether oxygens (including phenoxy) is 2. The number of nitrogens with zero attached hydrogens (tertiary/aromatic N) is 4. The van der Waals surface area contributed by atoms with Crippen molar-refractivity contribution in [1.29, 1.82) is 0 Å². The molecule has 252 valence electrons. The Bertz CT molecular complexity index is 1750. The minimum absolute atomic E-state index is 0.143. The molecule has 2 unspecified atom stereocenters. The molecule has 1 amide bonds. The van der Waals surface area contributed by atoms with Crippen LogP contribution in [-0.2, 0) is 22.6 Å². The van der Waals surface area contributed by atoms with E-state index in [0.29, 0.717) is 42.2 Å². The maximum Gasteiger partial charge on any atom is 0.407 e. The van der Waals surface area contributed by atoms with Gasteiger partial charge in [0.2, 0.25) is 0 Å². The number of fused-ring (bicyclic) bond motifs is 2. The van der Waals surface area contributed by atoms with E-state index in [0.717, 1.165) is 27.8 Å². The van der Waals surface area contributed by atoms with Crippen molar-refractivity contribution in [1.82, 2.24) is 24.6 Å². The summed E-state index contributed by atoms with van der Waals surface area (Å²) in [6.07, 6.45) is -0.279. The van der Waals surface area contributed by atoms with E-state index in [-0.39, 0.29) is 19.1 Å². The van der Waals surface area contributed by atoms with Crippen molar-refractivity contribution in [2.75, 3.05) is 13.1 Å². The molecule has 0 saturated heterocycles. The molecular formula is C34H43N5O7S. The molecule has 12 nitrogen and oxygen atoms in total. The molecule has 1 aliphatic heterocycles. The lowest BCUT2D eigenvalue weighted by molar-refractivity contribution is -0.137. The topological polar surface area (TPSA) is 159 Å². The summed E-state index contributed by atoms with van der Waals surface area (Å²) in [6.45, 7) is 10.7. The van der Waals surface area contributed by atoms with Crippen LogP contribution in [0, 0.1) is 6.92 Å². The molecule has 5 rings (SSSR count). The summed E-state index contributed by atoms with van der Waals surface area (Å²) in [4.78, 5) is 24.4. The van der Waals surface area contributed by atoms with Crippen LogP contribution in [-0.4, -0.2) is 70.4 Å². The molecule has 0 radical (unpaired) electrons. The number of benzene rings is 3. The molecule has 4 aromatic rings. The van der Waals surface area contributed by atoms with Crippen LogP contribution in [0.25, 0.3) is 11.0 Å². The Morgan fingerprint density at radius 2 is 1.83 bits per heavy atom. The van der Waals surface area contributed by atoms with Crippen molar-refractivity contribution in [2.24, 2.45) is 0 Å². The Hall–Kier alpha value is -4.17. The largest absolute Gasteiger partial charge is 0.487 e. The van der Waals surface area contributed by atoms with Crippen LogP contribution >= 0.6 is 10.8 Å². The number of nitrogens with one attached hydrogen (secondary N) is 1. The second kappa shape index (κ2) is 13.9. The highest BCUT2D eigenvalue weighted by molar-refractivity contribution is 8.22. The van der Waals surface area contributed by atoms with Crippen LogP contribution < -0.4 is 10.1 Å². The number of hydrogen-bond donors (Lipinski definition) is 4. The van der Waals surface area contributed by atoms with Gasteiger partial charge in [-0.05, 0) is 87.6 Å². The maximum atomic E-state index is 12.1. The highest BCUT2D eigenvalue weighted by Crippen LogP contribution is 2.57. The van der Waals surface area contributed by atoms with Gasteiger partial charge in [-0.15, -0.1) is 15.9 Å². The number of aromatic nitrogens is 3. The van der Waals surface area contributed by atoms with Crippen LogP contribution in [0.4, 0.5) is 4.79 Å². The third kappa shape index (κ3) is 8.22. The zero-order valence-corrected chi connectivity index (χ0v) is 28.2. The molecule has 1 aliphatic rings. The molecule has 13 heteroatoms. The molecule has 1 aromatic heterocycles. The summed E-state index contributed by atoms with van der Waals surface area (Å²) in [5, 5.41) is 21.3. The number of para-hydroxylation sites is 1. The third-order valence-electron chi connectivity index (χ3n) is 7.95. The van der Waals surface area contributed by atoms with Crippen molar-refractivity contribution in [2.45, 2.75) is 83.1 Å². The van der Waals surface area contributed by atoms with Crippen LogP contribution in [0.3, 0.4) is 0 Å². The first-order chi connectivity index (χ1) is 22.2. The summed E-state index contributed by atoms with van der Waals surface area (Å²) in [6, 6.07) is 18.5. The molecule has 2 heterocycles. The number of aryl methyl sites for hydroxylation is 2. The predicted octanol–water partition coefficient (Wildman–Crippen LogP) is 6.57. The van der Waals surface area contributed by atoms with Gasteiger partial charge >= 0.3 is 12.1 Å². The number of alkyl carbamates (subject to hydrolysis) is 1. The predicted molar refractivity (Wildman–Crippen MR) is 180 cm³/mol. The normalized spacial score (nSPS) is 17.6. The van der Waals surface area contributed by atoms with E-state index in [1.54, 1.807) is 33.3 Å². The zero-order chi connectivity index (χ0) is 33.9. The second-order valence-corrected chi connectivity index (χ2v) is 14.9. The monoisotopic (exact) mass is 665 g/mol. The molecule has 0 bridgehead atoms. The van der Waals surface area contributed by atoms with Crippen molar-refractivity contribution >= 4 is 33.9 Å². The number of carboxylic acids is 1. The molecular weight excluding hydrogens is 622 g/mol. The minimum Gasteiger partial charge on any atom is -0.487 e. The fourth-order valence-electron chi connectivity index (χ4n) is 5.69. The van der Waals surface area contributed by atoms with Gasteiger partial charge in [-0.3, -0.25) is 13.9 Å². The number of carbonyl (C=O) groups excluding carboxylic acids is 1. The molecule has 0 aliphatic carbocycles. The number of hydrogen-bond acceptors (Lipinski definition) is 9. The number of carbonyl (C=O) groups is 2. The fraction of sp³-hybridized carbons (Fsp3) is 0.412. The minimum atomic E-state index is -3.34. The van der Waals surface area contributed by atoms with E-state index in [4.69, 9.17) is 9.47 Å². The molecule has 2 atom stereocenters. The number of aliphatic carboxylic acids is 1. The lowest BCUT2D eigenvalue weighted by Crippen LogP contribution is -2.33. The van der Waals surface area contributed by atoms with Crippen molar-refractivity contribution in [3.63, 3.8) is 0 Å². The Kier molecular flexibility index (Phi) is 10.1. The number of rotatable bonds is 10. The number of carboxylic acid groups (broad SMARTS) is 1. The average molecular weight is 666 g/mol. The fourth-order valence-corrected chi connectivity index (χ4v) is 7.35. The Balaban J connectivity index is 1.36. The smallest absolute Gasteiger partial charge is 0.407 e. The summed E-state index contributed by atoms with van der Waals surface area (Å²) >= 11 is 0. The van der Waals surface area contributed by atoms with Crippen molar-refractivity contribution < 1.29 is 33.3 Å². The first kappa shape index (κ1) is 34.2.